The summed E-state index contributed by atoms with van der Waals surface area (Å²) in [4.78, 5) is 14.9. The number of nitrogens with one attached hydrogen (secondary N) is 2. The van der Waals surface area contributed by atoms with Crippen LogP contribution < -0.4 is 10.6 Å². The third-order valence-electron chi connectivity index (χ3n) is 4.56. The van der Waals surface area contributed by atoms with Crippen molar-refractivity contribution in [1.82, 2.24) is 15.5 Å². The zero-order valence-corrected chi connectivity index (χ0v) is 13.8. The summed E-state index contributed by atoms with van der Waals surface area (Å²) in [6, 6.07) is 9.91. The van der Waals surface area contributed by atoms with Crippen LogP contribution in [0.15, 0.2) is 30.3 Å². The first-order valence-corrected chi connectivity index (χ1v) is 8.53. The lowest BCUT2D eigenvalue weighted by Gasteiger charge is -2.29. The number of nitrogens with zero attached hydrogens (tertiary/aromatic N) is 1. The van der Waals surface area contributed by atoms with Crippen LogP contribution in [-0.4, -0.2) is 43.5 Å². The fourth-order valence-corrected chi connectivity index (χ4v) is 3.21. The first-order chi connectivity index (χ1) is 10.8. The van der Waals surface area contributed by atoms with Crippen molar-refractivity contribution in [2.45, 2.75) is 32.7 Å². The Labute approximate surface area is 134 Å². The molecule has 1 heterocycles. The molecule has 2 N–H and O–H groups in total. The molecule has 2 atom stereocenters. The number of carbonyl (C=O) groups is 1. The van der Waals surface area contributed by atoms with E-state index in [1.54, 1.807) is 0 Å². The predicted octanol–water partition coefficient (Wildman–Crippen LogP) is 2.19. The lowest BCUT2D eigenvalue weighted by atomic mass is 10.0. The Morgan fingerprint density at radius 1 is 1.32 bits per heavy atom. The molecule has 2 rings (SSSR count). The Balaban J connectivity index is 1.96. The van der Waals surface area contributed by atoms with E-state index in [-0.39, 0.29) is 11.9 Å². The molecule has 0 radical (unpaired) electrons. The number of benzene rings is 1. The third kappa shape index (κ3) is 4.55. The standard InChI is InChI=1S/C18H29N3O/c1-3-21(4-2)17(16-8-6-5-7-9-16)18(22)20-13-11-15-10-12-19-14-15/h5-9,15,17,19H,3-4,10-14H2,1-2H3,(H,20,22). The van der Waals surface area contributed by atoms with Gasteiger partial charge >= 0.3 is 0 Å². The zero-order valence-electron chi connectivity index (χ0n) is 13.8. The van der Waals surface area contributed by atoms with Gasteiger partial charge in [0.25, 0.3) is 0 Å². The quantitative estimate of drug-likeness (QED) is 0.774. The summed E-state index contributed by atoms with van der Waals surface area (Å²) in [5, 5.41) is 6.52. The Morgan fingerprint density at radius 2 is 2.05 bits per heavy atom. The number of carbonyl (C=O) groups excluding carboxylic acids is 1. The summed E-state index contributed by atoms with van der Waals surface area (Å²) in [6.45, 7) is 8.94. The molecule has 0 bridgehead atoms. The maximum atomic E-state index is 12.7. The highest BCUT2D eigenvalue weighted by Gasteiger charge is 2.25. The molecule has 1 aliphatic rings. The molecule has 1 aromatic carbocycles. The van der Waals surface area contributed by atoms with Gasteiger partial charge in [-0.25, -0.2) is 0 Å². The number of likely N-dealkylation sites (N-methyl/N-ethyl adjacent to an activating group) is 1. The Hall–Kier alpha value is -1.39. The van der Waals surface area contributed by atoms with Crippen LogP contribution >= 0.6 is 0 Å². The van der Waals surface area contributed by atoms with Gasteiger partial charge in [-0.2, -0.15) is 0 Å². The second-order valence-electron chi connectivity index (χ2n) is 5.97. The van der Waals surface area contributed by atoms with Gasteiger partial charge in [0, 0.05) is 6.54 Å². The summed E-state index contributed by atoms with van der Waals surface area (Å²) in [7, 11) is 0. The van der Waals surface area contributed by atoms with Crippen molar-refractivity contribution >= 4 is 5.91 Å². The van der Waals surface area contributed by atoms with E-state index in [0.29, 0.717) is 5.92 Å². The molecule has 1 aromatic rings. The number of rotatable bonds is 8. The van der Waals surface area contributed by atoms with Crippen molar-refractivity contribution in [3.05, 3.63) is 35.9 Å². The van der Waals surface area contributed by atoms with E-state index in [0.717, 1.165) is 44.7 Å². The fraction of sp³-hybridized carbons (Fsp3) is 0.611. The number of hydrogen-bond donors (Lipinski definition) is 2. The van der Waals surface area contributed by atoms with Gasteiger partial charge in [-0.1, -0.05) is 44.2 Å². The maximum absolute atomic E-state index is 12.7. The van der Waals surface area contributed by atoms with Gasteiger partial charge in [0.1, 0.15) is 6.04 Å². The molecule has 0 saturated carbocycles. The van der Waals surface area contributed by atoms with E-state index < -0.39 is 0 Å². The smallest absolute Gasteiger partial charge is 0.241 e. The molecule has 0 spiro atoms. The highest BCUT2D eigenvalue weighted by atomic mass is 16.2. The second kappa shape index (κ2) is 8.91. The Kier molecular flexibility index (Phi) is 6.87. The largest absolute Gasteiger partial charge is 0.354 e. The Morgan fingerprint density at radius 3 is 2.64 bits per heavy atom. The van der Waals surface area contributed by atoms with Gasteiger partial charge in [0.15, 0.2) is 0 Å². The highest BCUT2D eigenvalue weighted by Crippen LogP contribution is 2.20. The monoisotopic (exact) mass is 303 g/mol. The minimum absolute atomic E-state index is 0.126. The second-order valence-corrected chi connectivity index (χ2v) is 5.97. The summed E-state index contributed by atoms with van der Waals surface area (Å²) >= 11 is 0. The lowest BCUT2D eigenvalue weighted by Crippen LogP contribution is -2.41. The van der Waals surface area contributed by atoms with E-state index in [4.69, 9.17) is 0 Å². The average Bonchev–Trinajstić information content (AvgIpc) is 3.06. The van der Waals surface area contributed by atoms with Crippen molar-refractivity contribution < 1.29 is 4.79 Å². The van der Waals surface area contributed by atoms with Crippen molar-refractivity contribution in [2.24, 2.45) is 5.92 Å². The molecular weight excluding hydrogens is 274 g/mol. The van der Waals surface area contributed by atoms with E-state index in [1.165, 1.54) is 6.42 Å². The van der Waals surface area contributed by atoms with Crippen molar-refractivity contribution in [1.29, 1.82) is 0 Å². The summed E-state index contributed by atoms with van der Waals surface area (Å²) < 4.78 is 0. The summed E-state index contributed by atoms with van der Waals surface area (Å²) in [5.74, 6) is 0.838. The molecule has 4 nitrogen and oxygen atoms in total. The average molecular weight is 303 g/mol. The molecule has 2 unspecified atom stereocenters. The minimum Gasteiger partial charge on any atom is -0.354 e. The van der Waals surface area contributed by atoms with Gasteiger partial charge < -0.3 is 10.6 Å². The van der Waals surface area contributed by atoms with E-state index >= 15 is 0 Å². The molecular formula is C18H29N3O. The molecule has 0 aromatic heterocycles. The first-order valence-electron chi connectivity index (χ1n) is 8.53. The fourth-order valence-electron chi connectivity index (χ4n) is 3.21. The summed E-state index contributed by atoms with van der Waals surface area (Å²) in [6.07, 6.45) is 2.30. The van der Waals surface area contributed by atoms with Crippen LogP contribution in [0.3, 0.4) is 0 Å². The third-order valence-corrected chi connectivity index (χ3v) is 4.56. The zero-order chi connectivity index (χ0) is 15.8. The molecule has 122 valence electrons. The first kappa shape index (κ1) is 17.0. The highest BCUT2D eigenvalue weighted by molar-refractivity contribution is 5.83. The van der Waals surface area contributed by atoms with Crippen LogP contribution in [-0.2, 0) is 4.79 Å². The van der Waals surface area contributed by atoms with E-state index in [9.17, 15) is 4.79 Å². The Bertz CT molecular complexity index is 439. The van der Waals surface area contributed by atoms with Gasteiger partial charge in [-0.05, 0) is 50.5 Å². The van der Waals surface area contributed by atoms with Gasteiger partial charge in [-0.3, -0.25) is 9.69 Å². The van der Waals surface area contributed by atoms with Crippen LogP contribution in [0, 0.1) is 5.92 Å². The molecule has 0 aliphatic carbocycles. The van der Waals surface area contributed by atoms with Gasteiger partial charge in [-0.15, -0.1) is 0 Å². The summed E-state index contributed by atoms with van der Waals surface area (Å²) in [5.41, 5.74) is 1.08. The van der Waals surface area contributed by atoms with Crippen LogP contribution in [0.25, 0.3) is 0 Å². The molecule has 1 amide bonds. The maximum Gasteiger partial charge on any atom is 0.241 e. The molecule has 1 fully saturated rings. The van der Waals surface area contributed by atoms with Crippen LogP contribution in [0.5, 0.6) is 0 Å². The molecule has 1 aliphatic heterocycles. The van der Waals surface area contributed by atoms with Crippen LogP contribution in [0.1, 0.15) is 38.3 Å². The molecule has 22 heavy (non-hydrogen) atoms. The van der Waals surface area contributed by atoms with Crippen LogP contribution in [0.2, 0.25) is 0 Å². The van der Waals surface area contributed by atoms with Gasteiger partial charge in [0.05, 0.1) is 0 Å². The minimum atomic E-state index is -0.182. The van der Waals surface area contributed by atoms with Crippen molar-refractivity contribution in [2.75, 3.05) is 32.7 Å². The van der Waals surface area contributed by atoms with Crippen LogP contribution in [0.4, 0.5) is 0 Å². The normalized spacial score (nSPS) is 19.3. The topological polar surface area (TPSA) is 44.4 Å². The van der Waals surface area contributed by atoms with E-state index in [2.05, 4.69) is 29.4 Å². The van der Waals surface area contributed by atoms with Gasteiger partial charge in [0.2, 0.25) is 5.91 Å². The van der Waals surface area contributed by atoms with Crippen molar-refractivity contribution in [3.63, 3.8) is 0 Å². The predicted molar refractivity (Wildman–Crippen MR) is 90.7 cm³/mol. The van der Waals surface area contributed by atoms with E-state index in [1.807, 2.05) is 30.3 Å². The SMILES string of the molecule is CCN(CC)C(C(=O)NCCC1CCNC1)c1ccccc1. The molecule has 4 heteroatoms. The van der Waals surface area contributed by atoms with Crippen molar-refractivity contribution in [3.8, 4) is 0 Å². The number of amides is 1. The molecule has 1 saturated heterocycles. The lowest BCUT2D eigenvalue weighted by molar-refractivity contribution is -0.126. The number of hydrogen-bond acceptors (Lipinski definition) is 3.